The van der Waals surface area contributed by atoms with Crippen LogP contribution < -0.4 is 10.1 Å². The van der Waals surface area contributed by atoms with Gasteiger partial charge in [-0.25, -0.2) is 0 Å². The minimum absolute atomic E-state index is 0.00593. The molecule has 2 atom stereocenters. The van der Waals surface area contributed by atoms with Crippen molar-refractivity contribution >= 4 is 39.1 Å². The Morgan fingerprint density at radius 2 is 1.71 bits per heavy atom. The van der Waals surface area contributed by atoms with Gasteiger partial charge in [0.1, 0.15) is 23.0 Å². The van der Waals surface area contributed by atoms with E-state index < -0.39 is 12.2 Å². The molecule has 1 aliphatic rings. The van der Waals surface area contributed by atoms with Crippen molar-refractivity contribution in [3.8, 4) is 5.75 Å². The fourth-order valence-electron chi connectivity index (χ4n) is 4.57. The number of fused-ring (bicyclic) bond motifs is 1. The molecule has 170 valence electrons. The van der Waals surface area contributed by atoms with Crippen LogP contribution in [-0.2, 0) is 12.8 Å². The van der Waals surface area contributed by atoms with Gasteiger partial charge in [0, 0.05) is 16.6 Å². The van der Waals surface area contributed by atoms with Crippen LogP contribution in [0.15, 0.2) is 40.9 Å². The van der Waals surface area contributed by atoms with Gasteiger partial charge in [-0.3, -0.25) is 0 Å². The molecule has 0 heterocycles. The molecule has 3 nitrogen and oxygen atoms in total. The van der Waals surface area contributed by atoms with E-state index in [-0.39, 0.29) is 5.54 Å². The lowest BCUT2D eigenvalue weighted by molar-refractivity contribution is 0.0390. The number of aliphatic hydroxyl groups is 1. The Bertz CT molecular complexity index is 863. The van der Waals surface area contributed by atoms with Crippen LogP contribution in [0.2, 0.25) is 10.0 Å². The van der Waals surface area contributed by atoms with Crippen LogP contribution in [0.4, 0.5) is 0 Å². The largest absolute Gasteiger partial charge is 0.486 e. The average molecular weight is 529 g/mol. The fourth-order valence-corrected chi connectivity index (χ4v) is 5.38. The van der Waals surface area contributed by atoms with Gasteiger partial charge >= 0.3 is 0 Å². The third-order valence-electron chi connectivity index (χ3n) is 6.71. The van der Waals surface area contributed by atoms with Crippen molar-refractivity contribution in [2.75, 3.05) is 6.54 Å². The third kappa shape index (κ3) is 5.97. The van der Waals surface area contributed by atoms with E-state index in [1.54, 1.807) is 12.1 Å². The Morgan fingerprint density at radius 3 is 2.29 bits per heavy atom. The molecule has 31 heavy (non-hydrogen) atoms. The summed E-state index contributed by atoms with van der Waals surface area (Å²) >= 11 is 15.8. The molecule has 6 heteroatoms. The number of ether oxygens (including phenoxy) is 1. The maximum absolute atomic E-state index is 10.8. The number of nitrogens with one attached hydrogen (secondary N) is 1. The first-order valence-corrected chi connectivity index (χ1v) is 12.6. The number of aliphatic hydroxyl groups excluding tert-OH is 1. The van der Waals surface area contributed by atoms with Gasteiger partial charge in [0.25, 0.3) is 0 Å². The van der Waals surface area contributed by atoms with E-state index in [0.717, 1.165) is 32.1 Å². The lowest BCUT2D eigenvalue weighted by Crippen LogP contribution is -2.51. The van der Waals surface area contributed by atoms with E-state index in [2.05, 4.69) is 59.4 Å². The summed E-state index contributed by atoms with van der Waals surface area (Å²) in [4.78, 5) is 0. The summed E-state index contributed by atoms with van der Waals surface area (Å²) in [7, 11) is 0. The van der Waals surface area contributed by atoms with Crippen LogP contribution in [0, 0.1) is 5.92 Å². The quantitative estimate of drug-likeness (QED) is 0.332. The van der Waals surface area contributed by atoms with E-state index >= 15 is 0 Å². The van der Waals surface area contributed by atoms with Gasteiger partial charge in [0.15, 0.2) is 0 Å². The highest BCUT2D eigenvalue weighted by molar-refractivity contribution is 9.10. The van der Waals surface area contributed by atoms with Crippen molar-refractivity contribution in [1.29, 1.82) is 0 Å². The lowest BCUT2D eigenvalue weighted by Gasteiger charge is -2.37. The molecule has 1 aliphatic carbocycles. The van der Waals surface area contributed by atoms with Gasteiger partial charge in [-0.1, -0.05) is 61.3 Å². The maximum atomic E-state index is 10.8. The van der Waals surface area contributed by atoms with Gasteiger partial charge in [-0.15, -0.1) is 0 Å². The van der Waals surface area contributed by atoms with Gasteiger partial charge < -0.3 is 15.2 Å². The van der Waals surface area contributed by atoms with Crippen molar-refractivity contribution in [3.63, 3.8) is 0 Å². The van der Waals surface area contributed by atoms with Crippen molar-refractivity contribution in [2.45, 2.75) is 70.6 Å². The summed E-state index contributed by atoms with van der Waals surface area (Å²) in [5, 5.41) is 15.2. The molecule has 0 radical (unpaired) electrons. The second-order valence-electron chi connectivity index (χ2n) is 8.68. The molecule has 0 aromatic heterocycles. The molecule has 0 saturated heterocycles. The summed E-state index contributed by atoms with van der Waals surface area (Å²) in [6, 6.07) is 12.3. The van der Waals surface area contributed by atoms with Crippen molar-refractivity contribution in [2.24, 2.45) is 5.92 Å². The number of hydrogen-bond donors (Lipinski definition) is 2. The number of β-amino-alcohol motifs (C(OH)–C–C–N with tert-alkyl or cyclic N) is 1. The Morgan fingerprint density at radius 1 is 1.10 bits per heavy atom. The Hall–Kier alpha value is -0.780. The SMILES string of the molecule is CCC(CC)(CC1Cc2ccccc2C1)NCC(O)C(C)Oc1ccc(Br)c(Cl)c1Cl. The predicted molar refractivity (Wildman–Crippen MR) is 134 cm³/mol. The fraction of sp³-hybridized carbons (Fsp3) is 0.520. The first-order chi connectivity index (χ1) is 14.8. The molecule has 0 saturated carbocycles. The summed E-state index contributed by atoms with van der Waals surface area (Å²) in [5.41, 5.74) is 2.98. The van der Waals surface area contributed by atoms with E-state index in [1.807, 2.05) is 6.92 Å². The van der Waals surface area contributed by atoms with Crippen LogP contribution in [0.1, 0.15) is 51.2 Å². The van der Waals surface area contributed by atoms with E-state index in [9.17, 15) is 5.11 Å². The molecule has 3 rings (SSSR count). The summed E-state index contributed by atoms with van der Waals surface area (Å²) in [6.07, 6.45) is 4.33. The lowest BCUT2D eigenvalue weighted by atomic mass is 9.81. The Balaban J connectivity index is 1.58. The van der Waals surface area contributed by atoms with Crippen LogP contribution in [0.3, 0.4) is 0 Å². The summed E-state index contributed by atoms with van der Waals surface area (Å²) in [6.45, 7) is 6.78. The molecular formula is C25H32BrCl2NO2. The normalized spacial score (nSPS) is 16.2. The number of rotatable bonds is 10. The van der Waals surface area contributed by atoms with Crippen LogP contribution in [0.5, 0.6) is 5.75 Å². The zero-order valence-electron chi connectivity index (χ0n) is 18.4. The molecule has 2 aromatic carbocycles. The van der Waals surface area contributed by atoms with Crippen LogP contribution in [-0.4, -0.2) is 29.4 Å². The zero-order chi connectivity index (χ0) is 22.6. The third-order valence-corrected chi connectivity index (χ3v) is 8.46. The molecule has 0 fully saturated rings. The van der Waals surface area contributed by atoms with Gasteiger partial charge in [0.2, 0.25) is 0 Å². The monoisotopic (exact) mass is 527 g/mol. The number of hydrogen-bond acceptors (Lipinski definition) is 3. The standard InChI is InChI=1S/C25H32BrCl2NO2/c1-4-25(5-2,14-17-12-18-8-6-7-9-19(18)13-17)29-15-21(30)16(3)31-22-11-10-20(26)23(27)24(22)28/h6-11,16-17,21,29-30H,4-5,12-15H2,1-3H3. The van der Waals surface area contributed by atoms with E-state index in [0.29, 0.717) is 32.7 Å². The molecule has 0 aliphatic heterocycles. The topological polar surface area (TPSA) is 41.5 Å². The molecule has 0 spiro atoms. The smallest absolute Gasteiger partial charge is 0.140 e. The van der Waals surface area contributed by atoms with Crippen molar-refractivity contribution < 1.29 is 9.84 Å². The van der Waals surface area contributed by atoms with Crippen LogP contribution >= 0.6 is 39.1 Å². The predicted octanol–water partition coefficient (Wildman–Crippen LogP) is 6.84. The summed E-state index contributed by atoms with van der Waals surface area (Å²) < 4.78 is 6.64. The second-order valence-corrected chi connectivity index (χ2v) is 10.3. The number of benzene rings is 2. The molecular weight excluding hydrogens is 497 g/mol. The van der Waals surface area contributed by atoms with E-state index in [1.165, 1.54) is 11.1 Å². The van der Waals surface area contributed by atoms with E-state index in [4.69, 9.17) is 27.9 Å². The van der Waals surface area contributed by atoms with Gasteiger partial charge in [-0.05, 0) is 84.1 Å². The van der Waals surface area contributed by atoms with Crippen LogP contribution in [0.25, 0.3) is 0 Å². The molecule has 0 bridgehead atoms. The minimum atomic E-state index is -0.670. The highest BCUT2D eigenvalue weighted by Crippen LogP contribution is 2.38. The first kappa shape index (κ1) is 24.9. The Labute approximate surface area is 204 Å². The van der Waals surface area contributed by atoms with Crippen molar-refractivity contribution in [3.05, 3.63) is 62.0 Å². The highest BCUT2D eigenvalue weighted by Gasteiger charge is 2.33. The average Bonchev–Trinajstić information content (AvgIpc) is 3.19. The minimum Gasteiger partial charge on any atom is -0.486 e. The molecule has 2 unspecified atom stereocenters. The molecule has 2 N–H and O–H groups in total. The second kappa shape index (κ2) is 10.9. The highest BCUT2D eigenvalue weighted by atomic mass is 79.9. The maximum Gasteiger partial charge on any atom is 0.140 e. The number of halogens is 3. The molecule has 2 aromatic rings. The first-order valence-electron chi connectivity index (χ1n) is 11.1. The van der Waals surface area contributed by atoms with Crippen molar-refractivity contribution in [1.82, 2.24) is 5.32 Å². The molecule has 0 amide bonds. The van der Waals surface area contributed by atoms with Gasteiger partial charge in [-0.2, -0.15) is 0 Å². The zero-order valence-corrected chi connectivity index (χ0v) is 21.5. The summed E-state index contributed by atoms with van der Waals surface area (Å²) in [5.74, 6) is 1.11. The van der Waals surface area contributed by atoms with Gasteiger partial charge in [0.05, 0.1) is 5.02 Å². The Kier molecular flexibility index (Phi) is 8.73.